The van der Waals surface area contributed by atoms with E-state index in [1.807, 2.05) is 0 Å². The molecule has 6 heteroatoms. The van der Waals surface area contributed by atoms with E-state index in [-0.39, 0.29) is 6.42 Å². The molecule has 0 aromatic carbocycles. The standard InChI is InChI=1S/C21H42N2O4/c1-17(2)12-9-7-5-3-4-6-8-10-13-18(24)16-20(25)23-19(21(26)27)14-11-15-22/h17-19,24H,3-16,22H2,1-2H3,(H,23,25)(H,26,27)/t18?,19-/m1/s1. The van der Waals surface area contributed by atoms with Gasteiger partial charge in [0.25, 0.3) is 0 Å². The Morgan fingerprint density at radius 3 is 1.85 bits per heavy atom. The number of carbonyl (C=O) groups is 2. The second kappa shape index (κ2) is 17.0. The van der Waals surface area contributed by atoms with Crippen molar-refractivity contribution in [1.29, 1.82) is 0 Å². The van der Waals surface area contributed by atoms with Crippen LogP contribution in [-0.2, 0) is 9.59 Å². The van der Waals surface area contributed by atoms with Crippen molar-refractivity contribution < 1.29 is 19.8 Å². The Kier molecular flexibility index (Phi) is 16.3. The van der Waals surface area contributed by atoms with Crippen LogP contribution in [0.1, 0.15) is 97.3 Å². The number of aliphatic hydroxyl groups excluding tert-OH is 1. The minimum Gasteiger partial charge on any atom is -0.480 e. The largest absolute Gasteiger partial charge is 0.480 e. The molecule has 5 N–H and O–H groups in total. The van der Waals surface area contributed by atoms with Gasteiger partial charge in [-0.25, -0.2) is 4.79 Å². The van der Waals surface area contributed by atoms with Gasteiger partial charge in [0, 0.05) is 0 Å². The topological polar surface area (TPSA) is 113 Å². The van der Waals surface area contributed by atoms with E-state index < -0.39 is 24.0 Å². The van der Waals surface area contributed by atoms with Crippen LogP contribution < -0.4 is 11.1 Å². The van der Waals surface area contributed by atoms with Gasteiger partial charge in [-0.1, -0.05) is 71.6 Å². The summed E-state index contributed by atoms with van der Waals surface area (Å²) in [5.74, 6) is -0.664. The fourth-order valence-corrected chi connectivity index (χ4v) is 3.14. The number of rotatable bonds is 18. The highest BCUT2D eigenvalue weighted by Gasteiger charge is 2.20. The van der Waals surface area contributed by atoms with Crippen molar-refractivity contribution in [2.24, 2.45) is 11.7 Å². The van der Waals surface area contributed by atoms with E-state index in [1.54, 1.807) is 0 Å². The summed E-state index contributed by atoms with van der Waals surface area (Å²) >= 11 is 0. The lowest BCUT2D eigenvalue weighted by atomic mass is 10.0. The van der Waals surface area contributed by atoms with Crippen LogP contribution in [0.25, 0.3) is 0 Å². The van der Waals surface area contributed by atoms with E-state index in [1.165, 1.54) is 44.9 Å². The number of aliphatic carboxylic acids is 1. The first-order valence-corrected chi connectivity index (χ1v) is 10.8. The summed E-state index contributed by atoms with van der Waals surface area (Å²) in [5.41, 5.74) is 5.37. The number of carboxylic acid groups (broad SMARTS) is 1. The van der Waals surface area contributed by atoms with E-state index in [0.717, 1.165) is 18.8 Å². The first-order chi connectivity index (χ1) is 12.9. The average molecular weight is 387 g/mol. The molecular formula is C21H42N2O4. The minimum atomic E-state index is -1.06. The summed E-state index contributed by atoms with van der Waals surface area (Å²) in [6.45, 7) is 4.93. The van der Waals surface area contributed by atoms with Crippen molar-refractivity contribution in [2.45, 2.75) is 109 Å². The van der Waals surface area contributed by atoms with Crippen LogP contribution in [0, 0.1) is 5.92 Å². The third kappa shape index (κ3) is 16.7. The summed E-state index contributed by atoms with van der Waals surface area (Å²) < 4.78 is 0. The van der Waals surface area contributed by atoms with Gasteiger partial charge in [0.05, 0.1) is 12.5 Å². The van der Waals surface area contributed by atoms with E-state index in [0.29, 0.717) is 25.8 Å². The predicted octanol–water partition coefficient (Wildman–Crippen LogP) is 3.60. The zero-order chi connectivity index (χ0) is 20.5. The lowest BCUT2D eigenvalue weighted by Crippen LogP contribution is -2.42. The van der Waals surface area contributed by atoms with Gasteiger partial charge in [-0.05, 0) is 31.7 Å². The fraction of sp³-hybridized carbons (Fsp3) is 0.905. The molecule has 1 unspecified atom stereocenters. The first kappa shape index (κ1) is 25.9. The summed E-state index contributed by atoms with van der Waals surface area (Å²) in [7, 11) is 0. The Hall–Kier alpha value is -1.14. The highest BCUT2D eigenvalue weighted by Crippen LogP contribution is 2.14. The predicted molar refractivity (Wildman–Crippen MR) is 109 cm³/mol. The molecule has 0 heterocycles. The molecular weight excluding hydrogens is 344 g/mol. The Morgan fingerprint density at radius 1 is 0.852 bits per heavy atom. The molecule has 0 aliphatic rings. The highest BCUT2D eigenvalue weighted by molar-refractivity contribution is 5.83. The van der Waals surface area contributed by atoms with E-state index >= 15 is 0 Å². The van der Waals surface area contributed by atoms with Gasteiger partial charge in [-0.15, -0.1) is 0 Å². The SMILES string of the molecule is CC(C)CCCCCCCCCCC(O)CC(=O)N[C@H](CCCN)C(=O)O. The number of amides is 1. The molecule has 0 aliphatic heterocycles. The first-order valence-electron chi connectivity index (χ1n) is 10.8. The van der Waals surface area contributed by atoms with Crippen molar-refractivity contribution >= 4 is 11.9 Å². The number of unbranched alkanes of at least 4 members (excludes halogenated alkanes) is 7. The van der Waals surface area contributed by atoms with Gasteiger partial charge in [-0.3, -0.25) is 4.79 Å². The maximum Gasteiger partial charge on any atom is 0.326 e. The quantitative estimate of drug-likeness (QED) is 0.269. The van der Waals surface area contributed by atoms with Gasteiger partial charge in [0.1, 0.15) is 6.04 Å². The Bertz CT molecular complexity index is 388. The molecule has 0 bridgehead atoms. The minimum absolute atomic E-state index is 0.0394. The van der Waals surface area contributed by atoms with Gasteiger partial charge in [0.15, 0.2) is 0 Å². The zero-order valence-corrected chi connectivity index (χ0v) is 17.4. The van der Waals surface area contributed by atoms with Crippen molar-refractivity contribution in [3.8, 4) is 0 Å². The van der Waals surface area contributed by atoms with Crippen molar-refractivity contribution in [3.63, 3.8) is 0 Å². The lowest BCUT2D eigenvalue weighted by Gasteiger charge is -2.16. The zero-order valence-electron chi connectivity index (χ0n) is 17.4. The van der Waals surface area contributed by atoms with E-state index in [2.05, 4.69) is 19.2 Å². The molecule has 1 amide bonds. The molecule has 27 heavy (non-hydrogen) atoms. The van der Waals surface area contributed by atoms with Crippen LogP contribution in [0.4, 0.5) is 0 Å². The molecule has 0 fully saturated rings. The molecule has 160 valence electrons. The second-order valence-electron chi connectivity index (χ2n) is 8.05. The molecule has 0 aromatic heterocycles. The molecule has 0 saturated carbocycles. The number of carboxylic acids is 1. The van der Waals surface area contributed by atoms with Crippen LogP contribution in [0.15, 0.2) is 0 Å². The number of nitrogens with two attached hydrogens (primary N) is 1. The molecule has 0 rings (SSSR count). The normalized spacial score (nSPS) is 13.5. The van der Waals surface area contributed by atoms with Crippen LogP contribution in [-0.4, -0.2) is 40.8 Å². The molecule has 0 spiro atoms. The maximum atomic E-state index is 11.9. The summed E-state index contributed by atoms with van der Waals surface area (Å²) in [6.07, 6.45) is 11.6. The van der Waals surface area contributed by atoms with Crippen molar-refractivity contribution in [2.75, 3.05) is 6.54 Å². The number of hydrogen-bond donors (Lipinski definition) is 4. The smallest absolute Gasteiger partial charge is 0.326 e. The average Bonchev–Trinajstić information content (AvgIpc) is 2.59. The number of nitrogens with one attached hydrogen (secondary N) is 1. The van der Waals surface area contributed by atoms with Crippen molar-refractivity contribution in [3.05, 3.63) is 0 Å². The summed E-state index contributed by atoms with van der Waals surface area (Å²) in [6, 6.07) is -0.922. The van der Waals surface area contributed by atoms with E-state index in [4.69, 9.17) is 10.8 Å². The summed E-state index contributed by atoms with van der Waals surface area (Å²) in [5, 5.41) is 21.5. The van der Waals surface area contributed by atoms with Gasteiger partial charge >= 0.3 is 5.97 Å². The molecule has 0 aromatic rings. The Morgan fingerprint density at radius 2 is 1.37 bits per heavy atom. The lowest BCUT2D eigenvalue weighted by molar-refractivity contribution is -0.142. The Balaban J connectivity index is 3.65. The molecule has 0 radical (unpaired) electrons. The van der Waals surface area contributed by atoms with Crippen LogP contribution in [0.2, 0.25) is 0 Å². The second-order valence-corrected chi connectivity index (χ2v) is 8.05. The van der Waals surface area contributed by atoms with Crippen LogP contribution in [0.3, 0.4) is 0 Å². The van der Waals surface area contributed by atoms with Crippen LogP contribution >= 0.6 is 0 Å². The van der Waals surface area contributed by atoms with Gasteiger partial charge in [0.2, 0.25) is 5.91 Å². The Labute approximate surface area is 165 Å². The summed E-state index contributed by atoms with van der Waals surface area (Å²) in [4.78, 5) is 23.0. The third-order valence-corrected chi connectivity index (χ3v) is 4.82. The van der Waals surface area contributed by atoms with Crippen LogP contribution in [0.5, 0.6) is 0 Å². The molecule has 2 atom stereocenters. The molecule has 6 nitrogen and oxygen atoms in total. The monoisotopic (exact) mass is 386 g/mol. The fourth-order valence-electron chi connectivity index (χ4n) is 3.14. The highest BCUT2D eigenvalue weighted by atomic mass is 16.4. The van der Waals surface area contributed by atoms with E-state index in [9.17, 15) is 14.7 Å². The number of carbonyl (C=O) groups excluding carboxylic acids is 1. The van der Waals surface area contributed by atoms with Gasteiger partial charge in [-0.2, -0.15) is 0 Å². The van der Waals surface area contributed by atoms with Crippen molar-refractivity contribution in [1.82, 2.24) is 5.32 Å². The maximum absolute atomic E-state index is 11.9. The number of hydrogen-bond acceptors (Lipinski definition) is 4. The number of aliphatic hydroxyl groups is 1. The van der Waals surface area contributed by atoms with Gasteiger partial charge < -0.3 is 21.3 Å². The third-order valence-electron chi connectivity index (χ3n) is 4.82. The molecule has 0 aliphatic carbocycles. The molecule has 0 saturated heterocycles.